The minimum atomic E-state index is -0.601. The zero-order valence-electron chi connectivity index (χ0n) is 21.4. The summed E-state index contributed by atoms with van der Waals surface area (Å²) in [6.45, 7) is 8.46. The van der Waals surface area contributed by atoms with Gasteiger partial charge in [-0.2, -0.15) is 0 Å². The summed E-state index contributed by atoms with van der Waals surface area (Å²) in [6, 6.07) is 15.5. The topological polar surface area (TPSA) is 82.2 Å². The van der Waals surface area contributed by atoms with Crippen molar-refractivity contribution in [3.63, 3.8) is 0 Å². The summed E-state index contributed by atoms with van der Waals surface area (Å²) in [5.74, 6) is -0.471. The first-order valence-electron chi connectivity index (χ1n) is 12.7. The van der Waals surface area contributed by atoms with E-state index in [9.17, 15) is 14.4 Å². The molecular formula is C28H33ClN4O4. The van der Waals surface area contributed by atoms with Crippen LogP contribution in [0.2, 0.25) is 5.02 Å². The van der Waals surface area contributed by atoms with E-state index in [1.54, 1.807) is 36.1 Å². The van der Waals surface area contributed by atoms with Crippen molar-refractivity contribution in [3.05, 3.63) is 82.0 Å². The number of esters is 1. The number of nitrogens with zero attached hydrogens (tertiary/aromatic N) is 3. The third kappa shape index (κ3) is 5.81. The zero-order chi connectivity index (χ0) is 26.5. The molecule has 1 N–H and O–H groups in total. The van der Waals surface area contributed by atoms with Gasteiger partial charge >= 0.3 is 12.0 Å². The van der Waals surface area contributed by atoms with Crippen LogP contribution in [0, 0.1) is 0 Å². The van der Waals surface area contributed by atoms with Gasteiger partial charge in [0.25, 0.3) is 5.91 Å². The maximum Gasteiger partial charge on any atom is 0.338 e. The highest BCUT2D eigenvalue weighted by Gasteiger charge is 2.39. The number of nitrogens with one attached hydrogen (secondary N) is 1. The van der Waals surface area contributed by atoms with Crippen molar-refractivity contribution < 1.29 is 19.1 Å². The maximum absolute atomic E-state index is 13.2. The van der Waals surface area contributed by atoms with E-state index < -0.39 is 12.0 Å². The fraction of sp³-hybridized carbons (Fsp3) is 0.393. The van der Waals surface area contributed by atoms with E-state index in [4.69, 9.17) is 16.3 Å². The lowest BCUT2D eigenvalue weighted by Crippen LogP contribution is -2.56. The van der Waals surface area contributed by atoms with Crippen LogP contribution in [0.3, 0.4) is 0 Å². The van der Waals surface area contributed by atoms with Gasteiger partial charge in [0.2, 0.25) is 0 Å². The summed E-state index contributed by atoms with van der Waals surface area (Å²) < 4.78 is 5.45. The molecule has 1 saturated heterocycles. The molecule has 37 heavy (non-hydrogen) atoms. The highest BCUT2D eigenvalue weighted by molar-refractivity contribution is 6.30. The quantitative estimate of drug-likeness (QED) is 0.552. The monoisotopic (exact) mass is 524 g/mol. The number of hydrogen-bond donors (Lipinski definition) is 1. The summed E-state index contributed by atoms with van der Waals surface area (Å²) in [4.78, 5) is 45.1. The average Bonchev–Trinajstić information content (AvgIpc) is 2.89. The van der Waals surface area contributed by atoms with E-state index >= 15 is 0 Å². The van der Waals surface area contributed by atoms with E-state index in [-0.39, 0.29) is 24.6 Å². The molecule has 0 radical (unpaired) electrons. The summed E-state index contributed by atoms with van der Waals surface area (Å²) in [5, 5.41) is 3.58. The van der Waals surface area contributed by atoms with Gasteiger partial charge in [0, 0.05) is 55.0 Å². The zero-order valence-corrected chi connectivity index (χ0v) is 22.2. The van der Waals surface area contributed by atoms with Crippen molar-refractivity contribution in [1.82, 2.24) is 20.0 Å². The van der Waals surface area contributed by atoms with Crippen LogP contribution in [0.1, 0.15) is 42.7 Å². The molecule has 8 nitrogen and oxygen atoms in total. The molecule has 2 unspecified atom stereocenters. The van der Waals surface area contributed by atoms with Crippen molar-refractivity contribution in [2.75, 3.05) is 39.3 Å². The van der Waals surface area contributed by atoms with Crippen molar-refractivity contribution in [2.24, 2.45) is 0 Å². The predicted octanol–water partition coefficient (Wildman–Crippen LogP) is 4.09. The van der Waals surface area contributed by atoms with E-state index in [1.165, 1.54) is 0 Å². The molecule has 0 bridgehead atoms. The third-order valence-electron chi connectivity index (χ3n) is 6.82. The third-order valence-corrected chi connectivity index (χ3v) is 7.07. The van der Waals surface area contributed by atoms with Crippen LogP contribution in [-0.2, 0) is 9.53 Å². The number of hydrogen-bond acceptors (Lipinski definition) is 5. The van der Waals surface area contributed by atoms with Gasteiger partial charge in [-0.15, -0.1) is 0 Å². The van der Waals surface area contributed by atoms with Gasteiger partial charge in [-0.1, -0.05) is 41.9 Å². The van der Waals surface area contributed by atoms with Gasteiger partial charge in [0.05, 0.1) is 18.2 Å². The number of halogens is 1. The van der Waals surface area contributed by atoms with E-state index in [2.05, 4.69) is 10.2 Å². The van der Waals surface area contributed by atoms with Crippen LogP contribution >= 0.6 is 11.6 Å². The molecule has 0 saturated carbocycles. The van der Waals surface area contributed by atoms with Gasteiger partial charge in [0.1, 0.15) is 0 Å². The number of piperazine rings is 1. The first-order valence-corrected chi connectivity index (χ1v) is 13.0. The molecule has 2 aliphatic rings. The van der Waals surface area contributed by atoms with Crippen molar-refractivity contribution in [2.45, 2.75) is 32.9 Å². The van der Waals surface area contributed by atoms with E-state index in [0.717, 1.165) is 5.56 Å². The smallest absolute Gasteiger partial charge is 0.338 e. The maximum atomic E-state index is 13.2. The minimum Gasteiger partial charge on any atom is -0.463 e. The molecule has 3 amide bonds. The number of rotatable bonds is 7. The largest absolute Gasteiger partial charge is 0.463 e. The lowest BCUT2D eigenvalue weighted by atomic mass is 9.94. The van der Waals surface area contributed by atoms with Crippen LogP contribution in [0.25, 0.3) is 0 Å². The Morgan fingerprint density at radius 1 is 1.05 bits per heavy atom. The van der Waals surface area contributed by atoms with Crippen molar-refractivity contribution in [3.8, 4) is 0 Å². The predicted molar refractivity (Wildman–Crippen MR) is 142 cm³/mol. The number of likely N-dealkylation sites (N-methyl/N-ethyl adjacent to an activating group) is 1. The normalized spacial score (nSPS) is 20.6. The molecule has 0 aromatic heterocycles. The van der Waals surface area contributed by atoms with Crippen LogP contribution in [0.15, 0.2) is 65.9 Å². The molecule has 2 aromatic rings. The lowest BCUT2D eigenvalue weighted by molar-refractivity contribution is -0.139. The molecule has 0 aliphatic carbocycles. The van der Waals surface area contributed by atoms with Crippen molar-refractivity contribution in [1.29, 1.82) is 0 Å². The molecule has 2 atom stereocenters. The highest BCUT2D eigenvalue weighted by atomic mass is 35.5. The lowest BCUT2D eigenvalue weighted by Gasteiger charge is -2.43. The molecule has 2 heterocycles. The summed E-state index contributed by atoms with van der Waals surface area (Å²) in [7, 11) is 0. The fourth-order valence-corrected chi connectivity index (χ4v) is 5.13. The number of carbonyl (C=O) groups is 3. The average molecular weight is 525 g/mol. The Morgan fingerprint density at radius 3 is 2.38 bits per heavy atom. The number of amides is 3. The summed E-state index contributed by atoms with van der Waals surface area (Å²) >= 11 is 5.98. The first-order chi connectivity index (χ1) is 17.8. The van der Waals surface area contributed by atoms with Gasteiger partial charge in [0.15, 0.2) is 0 Å². The van der Waals surface area contributed by atoms with E-state index in [0.29, 0.717) is 54.6 Å². The van der Waals surface area contributed by atoms with Crippen LogP contribution in [-0.4, -0.2) is 78.0 Å². The Balaban J connectivity index is 1.61. The van der Waals surface area contributed by atoms with Gasteiger partial charge < -0.3 is 15.0 Å². The standard InChI is InChI=1S/C28H33ClN4O4/c1-4-32-23(24(27(35)37-5-2)25(30-28(32)36)20-9-7-6-8-10-20)18-31-15-16-33(19(3)17-31)26(34)21-11-13-22(29)14-12-21/h6-14,19,25H,4-5,15-18H2,1-3H3,(H,30,36). The second kappa shape index (κ2) is 11.8. The molecular weight excluding hydrogens is 492 g/mol. The molecule has 0 spiro atoms. The fourth-order valence-electron chi connectivity index (χ4n) is 5.00. The Kier molecular flexibility index (Phi) is 8.51. The van der Waals surface area contributed by atoms with Gasteiger partial charge in [-0.05, 0) is 50.6 Å². The SMILES string of the molecule is CCOC(=O)C1=C(CN2CCN(C(=O)c3ccc(Cl)cc3)C(C)C2)N(CC)C(=O)NC1c1ccccc1. The molecule has 2 aromatic carbocycles. The minimum absolute atomic E-state index is 0.0355. The molecule has 4 rings (SSSR count). The molecule has 2 aliphatic heterocycles. The highest BCUT2D eigenvalue weighted by Crippen LogP contribution is 2.32. The molecule has 196 valence electrons. The number of urea groups is 1. The second-order valence-corrected chi connectivity index (χ2v) is 9.64. The summed E-state index contributed by atoms with van der Waals surface area (Å²) in [5.41, 5.74) is 2.51. The van der Waals surface area contributed by atoms with Gasteiger partial charge in [-0.3, -0.25) is 14.6 Å². The second-order valence-electron chi connectivity index (χ2n) is 9.21. The Morgan fingerprint density at radius 2 is 1.76 bits per heavy atom. The van der Waals surface area contributed by atoms with Crippen molar-refractivity contribution >= 4 is 29.5 Å². The molecule has 1 fully saturated rings. The first kappa shape index (κ1) is 26.7. The Bertz CT molecular complexity index is 1170. The summed E-state index contributed by atoms with van der Waals surface area (Å²) in [6.07, 6.45) is 0. The molecule has 9 heteroatoms. The van der Waals surface area contributed by atoms with Crippen LogP contribution in [0.4, 0.5) is 4.79 Å². The van der Waals surface area contributed by atoms with Crippen LogP contribution in [0.5, 0.6) is 0 Å². The Hall–Kier alpha value is -3.36. The van der Waals surface area contributed by atoms with E-state index in [1.807, 2.05) is 49.1 Å². The van der Waals surface area contributed by atoms with Crippen LogP contribution < -0.4 is 5.32 Å². The number of ether oxygens (including phenoxy) is 1. The number of carbonyl (C=O) groups excluding carboxylic acids is 3. The number of benzene rings is 2. The van der Waals surface area contributed by atoms with Gasteiger partial charge in [-0.25, -0.2) is 9.59 Å². The Labute approximate surface area is 222 Å².